The van der Waals surface area contributed by atoms with Gasteiger partial charge in [-0.25, -0.2) is 4.79 Å². The Labute approximate surface area is 109 Å². The molecule has 0 spiro atoms. The molecular formula is C12H16N2O5. The first-order chi connectivity index (χ1) is 9.15. The van der Waals surface area contributed by atoms with Crippen molar-refractivity contribution in [2.45, 2.75) is 18.8 Å². The van der Waals surface area contributed by atoms with Crippen LogP contribution < -0.4 is 11.2 Å². The number of hydrogen-bond acceptors (Lipinski definition) is 5. The van der Waals surface area contributed by atoms with Crippen LogP contribution >= 0.6 is 0 Å². The normalized spacial score (nSPS) is 25.3. The molecule has 0 aromatic carbocycles. The van der Waals surface area contributed by atoms with Crippen molar-refractivity contribution in [3.8, 4) is 12.3 Å². The van der Waals surface area contributed by atoms with Crippen molar-refractivity contribution in [2.75, 3.05) is 13.7 Å². The molecule has 1 aliphatic heterocycles. The molecule has 104 valence electrons. The fraction of sp³-hybridized carbons (Fsp3) is 0.500. The lowest BCUT2D eigenvalue weighted by molar-refractivity contribution is -0.0304. The van der Waals surface area contributed by atoms with Gasteiger partial charge in [-0.2, -0.15) is 0 Å². The maximum absolute atomic E-state index is 11.6. The number of terminal acetylenes is 1. The van der Waals surface area contributed by atoms with Gasteiger partial charge in [-0.05, 0) is 6.42 Å². The van der Waals surface area contributed by atoms with E-state index in [1.54, 1.807) is 0 Å². The van der Waals surface area contributed by atoms with Crippen LogP contribution in [0.4, 0.5) is 0 Å². The van der Waals surface area contributed by atoms with Crippen LogP contribution in [0.25, 0.3) is 0 Å². The fourth-order valence-corrected chi connectivity index (χ4v) is 1.90. The lowest BCUT2D eigenvalue weighted by Gasteiger charge is -2.16. The van der Waals surface area contributed by atoms with Crippen molar-refractivity contribution < 1.29 is 14.9 Å². The monoisotopic (exact) mass is 268 g/mol. The van der Waals surface area contributed by atoms with Crippen LogP contribution in [0.15, 0.2) is 21.9 Å². The third kappa shape index (κ3) is 3.32. The number of aliphatic hydroxyl groups excluding tert-OH is 2. The molecule has 1 aromatic heterocycles. The zero-order chi connectivity index (χ0) is 14.4. The summed E-state index contributed by atoms with van der Waals surface area (Å²) in [7, 11) is 1.00. The first-order valence-corrected chi connectivity index (χ1v) is 5.64. The first-order valence-electron chi connectivity index (χ1n) is 5.64. The molecule has 1 aromatic rings. The molecule has 0 aliphatic carbocycles. The van der Waals surface area contributed by atoms with Crippen molar-refractivity contribution in [3.05, 3.63) is 33.1 Å². The minimum absolute atomic E-state index is 0.146. The van der Waals surface area contributed by atoms with E-state index in [0.717, 1.165) is 7.11 Å². The zero-order valence-corrected chi connectivity index (χ0v) is 10.4. The van der Waals surface area contributed by atoms with Crippen molar-refractivity contribution >= 4 is 0 Å². The predicted octanol–water partition coefficient (Wildman–Crippen LogP) is -1.33. The first kappa shape index (κ1) is 15.2. The molecule has 2 rings (SSSR count). The summed E-state index contributed by atoms with van der Waals surface area (Å²) in [4.78, 5) is 24.7. The molecule has 7 nitrogen and oxygen atoms in total. The minimum atomic E-state index is -0.638. The number of nitrogens with zero attached hydrogens (tertiary/aromatic N) is 1. The Morgan fingerprint density at radius 3 is 2.79 bits per heavy atom. The molecule has 0 amide bonds. The molecule has 3 atom stereocenters. The van der Waals surface area contributed by atoms with Gasteiger partial charge >= 0.3 is 5.69 Å². The number of aromatic amines is 1. The molecule has 7 heteroatoms. The number of rotatable bonds is 2. The van der Waals surface area contributed by atoms with E-state index in [1.165, 1.54) is 16.8 Å². The molecule has 2 heterocycles. The van der Waals surface area contributed by atoms with E-state index in [2.05, 4.69) is 10.9 Å². The average molecular weight is 268 g/mol. The van der Waals surface area contributed by atoms with E-state index in [9.17, 15) is 9.59 Å². The van der Waals surface area contributed by atoms with E-state index in [-0.39, 0.29) is 18.6 Å². The predicted molar refractivity (Wildman–Crippen MR) is 67.4 cm³/mol. The maximum atomic E-state index is 11.6. The molecule has 1 saturated heterocycles. The fourth-order valence-electron chi connectivity index (χ4n) is 1.90. The van der Waals surface area contributed by atoms with Crippen molar-refractivity contribution in [2.24, 2.45) is 5.92 Å². The van der Waals surface area contributed by atoms with Gasteiger partial charge in [-0.1, -0.05) is 5.92 Å². The van der Waals surface area contributed by atoms with Gasteiger partial charge in [0.25, 0.3) is 5.56 Å². The largest absolute Gasteiger partial charge is 0.400 e. The average Bonchev–Trinajstić information content (AvgIpc) is 2.84. The summed E-state index contributed by atoms with van der Waals surface area (Å²) in [5.41, 5.74) is -1.04. The lowest BCUT2D eigenvalue weighted by Crippen LogP contribution is -2.33. The molecule has 1 aliphatic rings. The molecule has 0 radical (unpaired) electrons. The Hall–Kier alpha value is -1.88. The van der Waals surface area contributed by atoms with Gasteiger partial charge in [-0.3, -0.25) is 14.3 Å². The molecule has 1 fully saturated rings. The highest BCUT2D eigenvalue weighted by molar-refractivity contribution is 5.01. The Bertz CT molecular complexity index is 556. The molecule has 2 unspecified atom stereocenters. The van der Waals surface area contributed by atoms with E-state index in [1.807, 2.05) is 0 Å². The van der Waals surface area contributed by atoms with E-state index < -0.39 is 17.5 Å². The van der Waals surface area contributed by atoms with Gasteiger partial charge in [-0.15, -0.1) is 6.42 Å². The smallest absolute Gasteiger partial charge is 0.330 e. The Morgan fingerprint density at radius 2 is 2.26 bits per heavy atom. The SMILES string of the molecule is C#C[C@H]1CC(CO)OC1n1ccc(=O)[nH]c1=O.CO. The van der Waals surface area contributed by atoms with Crippen molar-refractivity contribution in [3.63, 3.8) is 0 Å². The summed E-state index contributed by atoms with van der Waals surface area (Å²) in [5, 5.41) is 16.0. The lowest BCUT2D eigenvalue weighted by atomic mass is 10.0. The van der Waals surface area contributed by atoms with Crippen LogP contribution in [0.2, 0.25) is 0 Å². The Morgan fingerprint density at radius 1 is 1.58 bits per heavy atom. The highest BCUT2D eigenvalue weighted by atomic mass is 16.5. The van der Waals surface area contributed by atoms with Gasteiger partial charge < -0.3 is 14.9 Å². The number of ether oxygens (including phenoxy) is 1. The van der Waals surface area contributed by atoms with Gasteiger partial charge in [0.1, 0.15) is 0 Å². The molecule has 19 heavy (non-hydrogen) atoms. The second-order valence-corrected chi connectivity index (χ2v) is 3.86. The van der Waals surface area contributed by atoms with Gasteiger partial charge in [0.05, 0.1) is 18.6 Å². The van der Waals surface area contributed by atoms with Crippen LogP contribution in [0.5, 0.6) is 0 Å². The molecule has 0 saturated carbocycles. The van der Waals surface area contributed by atoms with Gasteiger partial charge in [0, 0.05) is 19.4 Å². The summed E-state index contributed by atoms with van der Waals surface area (Å²) in [6.07, 6.45) is 6.18. The summed E-state index contributed by atoms with van der Waals surface area (Å²) in [5.74, 6) is 2.24. The van der Waals surface area contributed by atoms with Crippen LogP contribution in [0.3, 0.4) is 0 Å². The second-order valence-electron chi connectivity index (χ2n) is 3.86. The summed E-state index contributed by atoms with van der Waals surface area (Å²) in [6.45, 7) is -0.146. The van der Waals surface area contributed by atoms with Gasteiger partial charge in [0.15, 0.2) is 6.23 Å². The maximum Gasteiger partial charge on any atom is 0.330 e. The zero-order valence-electron chi connectivity index (χ0n) is 10.4. The number of H-pyrrole nitrogens is 1. The third-order valence-electron chi connectivity index (χ3n) is 2.74. The van der Waals surface area contributed by atoms with Crippen molar-refractivity contribution in [1.82, 2.24) is 9.55 Å². The number of aromatic nitrogens is 2. The minimum Gasteiger partial charge on any atom is -0.400 e. The highest BCUT2D eigenvalue weighted by Gasteiger charge is 2.35. The Balaban J connectivity index is 0.000000861. The molecular weight excluding hydrogens is 252 g/mol. The van der Waals surface area contributed by atoms with E-state index >= 15 is 0 Å². The molecule has 0 bridgehead atoms. The van der Waals surface area contributed by atoms with Crippen molar-refractivity contribution in [1.29, 1.82) is 0 Å². The topological polar surface area (TPSA) is 105 Å². The van der Waals surface area contributed by atoms with Crippen LogP contribution in [-0.4, -0.2) is 39.6 Å². The Kier molecular flexibility index (Phi) is 5.51. The summed E-state index contributed by atoms with van der Waals surface area (Å²) in [6, 6.07) is 1.23. The molecule has 3 N–H and O–H groups in total. The summed E-state index contributed by atoms with van der Waals surface area (Å²) >= 11 is 0. The van der Waals surface area contributed by atoms with Crippen LogP contribution in [0, 0.1) is 18.3 Å². The number of nitrogens with one attached hydrogen (secondary N) is 1. The van der Waals surface area contributed by atoms with E-state index in [0.29, 0.717) is 6.42 Å². The highest BCUT2D eigenvalue weighted by Crippen LogP contribution is 2.32. The van der Waals surface area contributed by atoms with Crippen LogP contribution in [0.1, 0.15) is 12.6 Å². The number of aliphatic hydroxyl groups is 2. The summed E-state index contributed by atoms with van der Waals surface area (Å²) < 4.78 is 6.71. The van der Waals surface area contributed by atoms with E-state index in [4.69, 9.17) is 21.4 Å². The second kappa shape index (κ2) is 6.89. The third-order valence-corrected chi connectivity index (χ3v) is 2.74. The quantitative estimate of drug-likeness (QED) is 0.577. The number of hydrogen-bond donors (Lipinski definition) is 3. The van der Waals surface area contributed by atoms with Crippen LogP contribution in [-0.2, 0) is 4.74 Å². The van der Waals surface area contributed by atoms with Gasteiger partial charge in [0.2, 0.25) is 0 Å². The standard InChI is InChI=1S/C11H12N2O4.CH4O/c1-2-7-5-8(6-14)17-10(7)13-4-3-9(15)12-11(13)16;1-2/h1,3-4,7-8,10,14H,5-6H2,(H,12,15,16);2H,1H3/t7-,8?,10?;/m0./s1.